The fourth-order valence-electron chi connectivity index (χ4n) is 2.34. The smallest absolute Gasteiger partial charge is 0.0485 e. The molecule has 19 heavy (non-hydrogen) atoms. The number of anilines is 1. The number of hydrogen-bond acceptors (Lipinski definition) is 1. The summed E-state index contributed by atoms with van der Waals surface area (Å²) in [5.74, 6) is 0. The minimum atomic E-state index is 0.298. The fraction of sp³-hybridized carbons (Fsp3) is 0.294. The van der Waals surface area contributed by atoms with Crippen molar-refractivity contribution in [2.75, 3.05) is 5.32 Å². The van der Waals surface area contributed by atoms with Gasteiger partial charge in [0, 0.05) is 16.2 Å². The average Bonchev–Trinajstić information content (AvgIpc) is 2.33. The summed E-state index contributed by atoms with van der Waals surface area (Å²) < 4.78 is 1.14. The minimum absolute atomic E-state index is 0.298. The number of halogens is 1. The first-order valence-electron chi connectivity index (χ1n) is 6.57. The van der Waals surface area contributed by atoms with Gasteiger partial charge in [-0.05, 0) is 51.0 Å². The summed E-state index contributed by atoms with van der Waals surface area (Å²) in [6, 6.07) is 13.3. The molecule has 0 bridgehead atoms. The summed E-state index contributed by atoms with van der Waals surface area (Å²) in [7, 11) is 0. The van der Waals surface area contributed by atoms with E-state index in [4.69, 9.17) is 0 Å². The van der Waals surface area contributed by atoms with Crippen molar-refractivity contribution < 1.29 is 0 Å². The molecule has 1 nitrogen and oxygen atoms in total. The molecule has 0 heterocycles. The molecule has 2 heteroatoms. The average molecular weight is 318 g/mol. The van der Waals surface area contributed by atoms with E-state index in [2.05, 4.69) is 85.3 Å². The third-order valence-corrected chi connectivity index (χ3v) is 4.24. The van der Waals surface area contributed by atoms with Gasteiger partial charge in [-0.15, -0.1) is 0 Å². The predicted molar refractivity (Wildman–Crippen MR) is 86.8 cm³/mol. The number of rotatable bonds is 3. The summed E-state index contributed by atoms with van der Waals surface area (Å²) in [6.45, 7) is 8.62. The summed E-state index contributed by atoms with van der Waals surface area (Å²) in [6.07, 6.45) is 0. The van der Waals surface area contributed by atoms with E-state index in [1.165, 1.54) is 27.9 Å². The van der Waals surface area contributed by atoms with Gasteiger partial charge in [0.1, 0.15) is 0 Å². The molecule has 0 spiro atoms. The van der Waals surface area contributed by atoms with Crippen LogP contribution in [0, 0.1) is 20.8 Å². The summed E-state index contributed by atoms with van der Waals surface area (Å²) in [4.78, 5) is 0. The van der Waals surface area contributed by atoms with Crippen LogP contribution >= 0.6 is 15.9 Å². The van der Waals surface area contributed by atoms with Crippen LogP contribution in [0.4, 0.5) is 5.69 Å². The van der Waals surface area contributed by atoms with Gasteiger partial charge < -0.3 is 5.32 Å². The van der Waals surface area contributed by atoms with Crippen LogP contribution in [0.15, 0.2) is 40.9 Å². The van der Waals surface area contributed by atoms with Gasteiger partial charge in [0.15, 0.2) is 0 Å². The predicted octanol–water partition coefficient (Wildman–Crippen LogP) is 5.55. The monoisotopic (exact) mass is 317 g/mol. The van der Waals surface area contributed by atoms with Gasteiger partial charge in [-0.25, -0.2) is 0 Å². The van der Waals surface area contributed by atoms with E-state index in [0.29, 0.717) is 6.04 Å². The molecule has 0 radical (unpaired) electrons. The molecule has 0 amide bonds. The Morgan fingerprint density at radius 1 is 1.00 bits per heavy atom. The molecule has 2 aromatic carbocycles. The third kappa shape index (κ3) is 3.38. The third-order valence-electron chi connectivity index (χ3n) is 3.38. The van der Waals surface area contributed by atoms with E-state index in [0.717, 1.165) is 4.47 Å². The molecule has 1 N–H and O–H groups in total. The Kier molecular flexibility index (Phi) is 4.31. The lowest BCUT2D eigenvalue weighted by molar-refractivity contribution is 0.878. The SMILES string of the molecule is Cc1cc(C)cc(C(C)Nc2cccc(Br)c2C)c1. The normalized spacial score (nSPS) is 12.3. The summed E-state index contributed by atoms with van der Waals surface area (Å²) in [5, 5.41) is 3.59. The Bertz CT molecular complexity index is 570. The van der Waals surface area contributed by atoms with Crippen molar-refractivity contribution in [1.82, 2.24) is 0 Å². The zero-order chi connectivity index (χ0) is 14.0. The van der Waals surface area contributed by atoms with Gasteiger partial charge in [0.25, 0.3) is 0 Å². The molecule has 0 aliphatic rings. The fourth-order valence-corrected chi connectivity index (χ4v) is 2.71. The Hall–Kier alpha value is -1.28. The molecular formula is C17H20BrN. The van der Waals surface area contributed by atoms with Crippen molar-refractivity contribution >= 4 is 21.6 Å². The van der Waals surface area contributed by atoms with Crippen LogP contribution in [0.5, 0.6) is 0 Å². The second-order valence-corrected chi connectivity index (χ2v) is 6.05. The Labute approximate surface area is 124 Å². The first kappa shape index (κ1) is 14.1. The van der Waals surface area contributed by atoms with E-state index in [1.54, 1.807) is 0 Å². The second kappa shape index (κ2) is 5.79. The molecule has 1 unspecified atom stereocenters. The lowest BCUT2D eigenvalue weighted by Crippen LogP contribution is -2.08. The maximum Gasteiger partial charge on any atom is 0.0485 e. The van der Waals surface area contributed by atoms with Crippen molar-refractivity contribution in [3.63, 3.8) is 0 Å². The van der Waals surface area contributed by atoms with Gasteiger partial charge in [-0.1, -0.05) is 51.3 Å². The zero-order valence-electron chi connectivity index (χ0n) is 11.9. The van der Waals surface area contributed by atoms with Crippen molar-refractivity contribution in [2.45, 2.75) is 33.7 Å². The van der Waals surface area contributed by atoms with Crippen LogP contribution in [0.25, 0.3) is 0 Å². The van der Waals surface area contributed by atoms with Gasteiger partial charge >= 0.3 is 0 Å². The Morgan fingerprint density at radius 2 is 1.63 bits per heavy atom. The summed E-state index contributed by atoms with van der Waals surface area (Å²) >= 11 is 3.58. The number of nitrogens with one attached hydrogen (secondary N) is 1. The van der Waals surface area contributed by atoms with Crippen LogP contribution in [0.3, 0.4) is 0 Å². The standard InChI is InChI=1S/C17H20BrN/c1-11-8-12(2)10-15(9-11)14(4)19-17-7-5-6-16(18)13(17)3/h5-10,14,19H,1-4H3. The minimum Gasteiger partial charge on any atom is -0.378 e. The second-order valence-electron chi connectivity index (χ2n) is 5.20. The van der Waals surface area contributed by atoms with Crippen molar-refractivity contribution in [1.29, 1.82) is 0 Å². The maximum atomic E-state index is 3.59. The first-order chi connectivity index (χ1) is 8.97. The molecule has 0 aromatic heterocycles. The number of benzene rings is 2. The van der Waals surface area contributed by atoms with Gasteiger partial charge in [-0.2, -0.15) is 0 Å². The Morgan fingerprint density at radius 3 is 2.26 bits per heavy atom. The van der Waals surface area contributed by atoms with Crippen molar-refractivity contribution in [2.24, 2.45) is 0 Å². The lowest BCUT2D eigenvalue weighted by Gasteiger charge is -2.19. The van der Waals surface area contributed by atoms with E-state index in [1.807, 2.05) is 0 Å². The van der Waals surface area contributed by atoms with Gasteiger partial charge in [0.2, 0.25) is 0 Å². The molecule has 0 aliphatic carbocycles. The van der Waals surface area contributed by atoms with E-state index in [9.17, 15) is 0 Å². The highest BCUT2D eigenvalue weighted by atomic mass is 79.9. The molecule has 100 valence electrons. The topological polar surface area (TPSA) is 12.0 Å². The van der Waals surface area contributed by atoms with E-state index >= 15 is 0 Å². The van der Waals surface area contributed by atoms with Crippen LogP contribution in [-0.2, 0) is 0 Å². The van der Waals surface area contributed by atoms with Gasteiger partial charge in [0.05, 0.1) is 0 Å². The quantitative estimate of drug-likeness (QED) is 0.782. The number of hydrogen-bond donors (Lipinski definition) is 1. The van der Waals surface area contributed by atoms with E-state index < -0.39 is 0 Å². The van der Waals surface area contributed by atoms with E-state index in [-0.39, 0.29) is 0 Å². The van der Waals surface area contributed by atoms with Crippen LogP contribution in [-0.4, -0.2) is 0 Å². The molecule has 1 atom stereocenters. The molecule has 0 fully saturated rings. The van der Waals surface area contributed by atoms with Crippen molar-refractivity contribution in [3.8, 4) is 0 Å². The van der Waals surface area contributed by atoms with Gasteiger partial charge in [-0.3, -0.25) is 0 Å². The highest BCUT2D eigenvalue weighted by Crippen LogP contribution is 2.27. The highest BCUT2D eigenvalue weighted by Gasteiger charge is 2.09. The Balaban J connectivity index is 2.25. The zero-order valence-corrected chi connectivity index (χ0v) is 13.5. The van der Waals surface area contributed by atoms with Crippen LogP contribution in [0.2, 0.25) is 0 Å². The van der Waals surface area contributed by atoms with Crippen LogP contribution in [0.1, 0.15) is 35.2 Å². The molecule has 0 saturated heterocycles. The molecule has 2 aromatic rings. The largest absolute Gasteiger partial charge is 0.378 e. The van der Waals surface area contributed by atoms with Crippen LogP contribution < -0.4 is 5.32 Å². The highest BCUT2D eigenvalue weighted by molar-refractivity contribution is 9.10. The maximum absolute atomic E-state index is 3.59. The van der Waals surface area contributed by atoms with Crippen molar-refractivity contribution in [3.05, 3.63) is 63.1 Å². The molecular weight excluding hydrogens is 298 g/mol. The number of aryl methyl sites for hydroxylation is 2. The molecule has 2 rings (SSSR count). The lowest BCUT2D eigenvalue weighted by atomic mass is 10.0. The first-order valence-corrected chi connectivity index (χ1v) is 7.36. The summed E-state index contributed by atoms with van der Waals surface area (Å²) in [5.41, 5.74) is 6.39. The molecule has 0 aliphatic heterocycles. The molecule has 0 saturated carbocycles.